The van der Waals surface area contributed by atoms with Gasteiger partial charge in [-0.1, -0.05) is 22.9 Å². The van der Waals surface area contributed by atoms with Gasteiger partial charge in [0.15, 0.2) is 11.6 Å². The smallest absolute Gasteiger partial charge is 0.177 e. The molecule has 1 atom stereocenters. The quantitative estimate of drug-likeness (QED) is 0.634. The van der Waals surface area contributed by atoms with E-state index in [1.807, 2.05) is 19.1 Å². The van der Waals surface area contributed by atoms with Gasteiger partial charge in [0.1, 0.15) is 0 Å². The molecule has 1 unspecified atom stereocenters. The Balaban J connectivity index is 1.96. The van der Waals surface area contributed by atoms with Crippen LogP contribution in [0.3, 0.4) is 0 Å². The first kappa shape index (κ1) is 14.2. The van der Waals surface area contributed by atoms with E-state index in [1.165, 1.54) is 0 Å². The Morgan fingerprint density at radius 2 is 2.24 bits per heavy atom. The summed E-state index contributed by atoms with van der Waals surface area (Å²) in [4.78, 5) is 25.2. The summed E-state index contributed by atoms with van der Waals surface area (Å²) >= 11 is 3.40. The van der Waals surface area contributed by atoms with Crippen molar-refractivity contribution >= 4 is 27.5 Å². The van der Waals surface area contributed by atoms with Crippen LogP contribution in [0.15, 0.2) is 28.9 Å². The lowest BCUT2D eigenvalue weighted by atomic mass is 9.94. The number of rotatable bonds is 3. The van der Waals surface area contributed by atoms with Gasteiger partial charge in [0, 0.05) is 23.3 Å². The van der Waals surface area contributed by atoms with Crippen LogP contribution in [0.2, 0.25) is 0 Å². The molecule has 4 nitrogen and oxygen atoms in total. The number of carbonyl (C=O) groups is 2. The molecule has 1 heterocycles. The molecule has 0 N–H and O–H groups in total. The molecule has 1 aromatic heterocycles. The predicted molar refractivity (Wildman–Crippen MR) is 82.6 cm³/mol. The number of halogens is 1. The second kappa shape index (κ2) is 5.22. The summed E-state index contributed by atoms with van der Waals surface area (Å²) in [6.07, 6.45) is 2.87. The molecule has 0 bridgehead atoms. The molecule has 1 aromatic carbocycles. The third-order valence-electron chi connectivity index (χ3n) is 3.90. The fraction of sp³-hybridized carbons (Fsp3) is 0.312. The van der Waals surface area contributed by atoms with Crippen LogP contribution in [0.4, 0.5) is 0 Å². The minimum absolute atomic E-state index is 0.0755. The highest BCUT2D eigenvalue weighted by atomic mass is 79.9. The van der Waals surface area contributed by atoms with Crippen molar-refractivity contribution in [3.63, 3.8) is 0 Å². The lowest BCUT2D eigenvalue weighted by Gasteiger charge is -2.06. The normalized spacial score (nSPS) is 17.1. The van der Waals surface area contributed by atoms with Crippen LogP contribution in [0.25, 0.3) is 0 Å². The maximum Gasteiger partial charge on any atom is 0.177 e. The summed E-state index contributed by atoms with van der Waals surface area (Å²) in [7, 11) is 1.79. The number of fused-ring (bicyclic) bond motifs is 1. The zero-order valence-corrected chi connectivity index (χ0v) is 13.5. The molecule has 108 valence electrons. The Kier molecular flexibility index (Phi) is 3.53. The zero-order chi connectivity index (χ0) is 15.1. The molecule has 0 saturated carbocycles. The summed E-state index contributed by atoms with van der Waals surface area (Å²) in [5.74, 6) is -0.797. The van der Waals surface area contributed by atoms with Crippen molar-refractivity contribution in [1.29, 1.82) is 0 Å². The van der Waals surface area contributed by atoms with E-state index in [4.69, 9.17) is 0 Å². The molecule has 1 aliphatic rings. The van der Waals surface area contributed by atoms with Gasteiger partial charge in [-0.2, -0.15) is 5.10 Å². The molecule has 0 radical (unpaired) electrons. The van der Waals surface area contributed by atoms with E-state index in [2.05, 4.69) is 21.0 Å². The molecule has 0 spiro atoms. The van der Waals surface area contributed by atoms with Crippen LogP contribution in [-0.2, 0) is 19.9 Å². The number of hydrogen-bond acceptors (Lipinski definition) is 3. The van der Waals surface area contributed by atoms with Crippen LogP contribution in [0.1, 0.15) is 38.9 Å². The number of hydrogen-bond donors (Lipinski definition) is 0. The monoisotopic (exact) mass is 346 g/mol. The number of aryl methyl sites for hydroxylation is 2. The summed E-state index contributed by atoms with van der Waals surface area (Å²) in [6.45, 7) is 1.96. The average molecular weight is 347 g/mol. The first-order chi connectivity index (χ1) is 10.0. The third-order valence-corrected chi connectivity index (χ3v) is 4.39. The molecule has 21 heavy (non-hydrogen) atoms. The van der Waals surface area contributed by atoms with Gasteiger partial charge in [-0.05, 0) is 36.6 Å². The molecule has 0 saturated heterocycles. The Morgan fingerprint density at radius 3 is 2.95 bits per heavy atom. The molecule has 0 amide bonds. The van der Waals surface area contributed by atoms with Gasteiger partial charge in [0.2, 0.25) is 0 Å². The van der Waals surface area contributed by atoms with E-state index in [-0.39, 0.29) is 11.6 Å². The first-order valence-electron chi connectivity index (χ1n) is 6.90. The zero-order valence-electron chi connectivity index (χ0n) is 11.9. The van der Waals surface area contributed by atoms with Crippen molar-refractivity contribution in [1.82, 2.24) is 9.78 Å². The third kappa shape index (κ3) is 2.35. The van der Waals surface area contributed by atoms with Crippen LogP contribution >= 0.6 is 15.9 Å². The summed E-state index contributed by atoms with van der Waals surface area (Å²) in [5, 5.41) is 4.29. The van der Waals surface area contributed by atoms with Crippen molar-refractivity contribution in [2.45, 2.75) is 19.8 Å². The predicted octanol–water partition coefficient (Wildman–Crippen LogP) is 2.98. The molecular formula is C16H15BrN2O2. The SMILES string of the molecule is CCc1nn(C)cc1C(=O)C1Cc2cc(Br)ccc2C1=O. The minimum atomic E-state index is -0.608. The van der Waals surface area contributed by atoms with Crippen LogP contribution in [0.5, 0.6) is 0 Å². The second-order valence-corrected chi connectivity index (χ2v) is 6.22. The first-order valence-corrected chi connectivity index (χ1v) is 7.70. The Hall–Kier alpha value is -1.75. The molecule has 3 rings (SSSR count). The Morgan fingerprint density at radius 1 is 1.48 bits per heavy atom. The summed E-state index contributed by atoms with van der Waals surface area (Å²) < 4.78 is 2.56. The van der Waals surface area contributed by atoms with Gasteiger partial charge in [0.05, 0.1) is 17.2 Å². The van der Waals surface area contributed by atoms with E-state index in [9.17, 15) is 9.59 Å². The van der Waals surface area contributed by atoms with Crippen molar-refractivity contribution in [2.24, 2.45) is 13.0 Å². The maximum absolute atomic E-state index is 12.7. The maximum atomic E-state index is 12.7. The molecular weight excluding hydrogens is 332 g/mol. The van der Waals surface area contributed by atoms with E-state index in [1.54, 1.807) is 24.0 Å². The number of ketones is 2. The van der Waals surface area contributed by atoms with Crippen molar-refractivity contribution < 1.29 is 9.59 Å². The fourth-order valence-electron chi connectivity index (χ4n) is 2.87. The van der Waals surface area contributed by atoms with E-state index in [0.717, 1.165) is 15.7 Å². The lowest BCUT2D eigenvalue weighted by Crippen LogP contribution is -2.21. The highest BCUT2D eigenvalue weighted by Crippen LogP contribution is 2.31. The van der Waals surface area contributed by atoms with Crippen LogP contribution in [0, 0.1) is 5.92 Å². The van der Waals surface area contributed by atoms with Gasteiger partial charge < -0.3 is 0 Å². The molecule has 0 aliphatic heterocycles. The van der Waals surface area contributed by atoms with Crippen molar-refractivity contribution in [3.8, 4) is 0 Å². The second-order valence-electron chi connectivity index (χ2n) is 5.30. The summed E-state index contributed by atoms with van der Waals surface area (Å²) in [6, 6.07) is 5.55. The van der Waals surface area contributed by atoms with Crippen LogP contribution in [-0.4, -0.2) is 21.3 Å². The largest absolute Gasteiger partial charge is 0.293 e. The molecule has 1 aliphatic carbocycles. The fourth-order valence-corrected chi connectivity index (χ4v) is 3.28. The topological polar surface area (TPSA) is 52.0 Å². The van der Waals surface area contributed by atoms with Gasteiger partial charge >= 0.3 is 0 Å². The van der Waals surface area contributed by atoms with E-state index in [0.29, 0.717) is 24.0 Å². The van der Waals surface area contributed by atoms with Gasteiger partial charge in [-0.25, -0.2) is 0 Å². The van der Waals surface area contributed by atoms with Crippen LogP contribution < -0.4 is 0 Å². The minimum Gasteiger partial charge on any atom is -0.293 e. The van der Waals surface area contributed by atoms with E-state index < -0.39 is 5.92 Å². The van der Waals surface area contributed by atoms with Gasteiger partial charge in [-0.3, -0.25) is 14.3 Å². The highest BCUT2D eigenvalue weighted by Gasteiger charge is 2.37. The van der Waals surface area contributed by atoms with E-state index >= 15 is 0 Å². The number of carbonyl (C=O) groups excluding carboxylic acids is 2. The molecule has 2 aromatic rings. The summed E-state index contributed by atoms with van der Waals surface area (Å²) in [5.41, 5.74) is 2.94. The molecule has 0 fully saturated rings. The van der Waals surface area contributed by atoms with Crippen molar-refractivity contribution in [2.75, 3.05) is 0 Å². The van der Waals surface area contributed by atoms with Gasteiger partial charge in [-0.15, -0.1) is 0 Å². The van der Waals surface area contributed by atoms with Gasteiger partial charge in [0.25, 0.3) is 0 Å². The number of benzene rings is 1. The Bertz CT molecular complexity index is 749. The average Bonchev–Trinajstić information content (AvgIpc) is 2.98. The number of aromatic nitrogens is 2. The lowest BCUT2D eigenvalue weighted by molar-refractivity contribution is 0.0822. The highest BCUT2D eigenvalue weighted by molar-refractivity contribution is 9.10. The number of nitrogens with zero attached hydrogens (tertiary/aromatic N) is 2. The van der Waals surface area contributed by atoms with Crippen molar-refractivity contribution in [3.05, 3.63) is 51.3 Å². The Labute approximate surface area is 131 Å². The number of Topliss-reactive ketones (excluding diaryl/α,β-unsaturated/α-hetero) is 2. The molecule has 5 heteroatoms. The standard InChI is InChI=1S/C16H15BrN2O2/c1-3-14-13(8-19(2)18-14)16(21)12-7-9-6-10(17)4-5-11(9)15(12)20/h4-6,8,12H,3,7H2,1-2H3.